The number of hydrogen-bond acceptors (Lipinski definition) is 4. The average Bonchev–Trinajstić information content (AvgIpc) is 2.98. The van der Waals surface area contributed by atoms with Gasteiger partial charge in [-0.05, 0) is 24.0 Å². The Morgan fingerprint density at radius 1 is 1.40 bits per heavy atom. The average molecular weight is 269 g/mol. The molecule has 0 amide bonds. The molecule has 0 bridgehead atoms. The standard InChI is InChI=1S/C15H19N5/c1-15(2,6-3-7-16)11-19-13-4-5-14(18-10-13)20-9-8-17-12-20/h4-5,8-10,12,19H,3,6,11H2,1-2H3. The highest BCUT2D eigenvalue weighted by atomic mass is 15.1. The fourth-order valence-corrected chi connectivity index (χ4v) is 1.86. The van der Waals surface area contributed by atoms with E-state index >= 15 is 0 Å². The van der Waals surface area contributed by atoms with Gasteiger partial charge >= 0.3 is 0 Å². The van der Waals surface area contributed by atoms with Gasteiger partial charge in [-0.25, -0.2) is 9.97 Å². The van der Waals surface area contributed by atoms with E-state index < -0.39 is 0 Å². The van der Waals surface area contributed by atoms with Crippen LogP contribution in [-0.2, 0) is 0 Å². The van der Waals surface area contributed by atoms with Gasteiger partial charge in [0, 0.05) is 25.4 Å². The molecule has 0 unspecified atom stereocenters. The number of rotatable bonds is 6. The summed E-state index contributed by atoms with van der Waals surface area (Å²) in [6.45, 7) is 5.13. The molecule has 0 aliphatic rings. The van der Waals surface area contributed by atoms with Crippen molar-refractivity contribution in [2.45, 2.75) is 26.7 Å². The third-order valence-corrected chi connectivity index (χ3v) is 3.20. The maximum Gasteiger partial charge on any atom is 0.137 e. The Morgan fingerprint density at radius 2 is 2.25 bits per heavy atom. The highest BCUT2D eigenvalue weighted by molar-refractivity contribution is 5.43. The maximum absolute atomic E-state index is 8.65. The van der Waals surface area contributed by atoms with Gasteiger partial charge in [0.2, 0.25) is 0 Å². The second-order valence-corrected chi connectivity index (χ2v) is 5.55. The largest absolute Gasteiger partial charge is 0.383 e. The molecule has 5 nitrogen and oxygen atoms in total. The van der Waals surface area contributed by atoms with E-state index in [0.717, 1.165) is 24.5 Å². The first-order valence-electron chi connectivity index (χ1n) is 6.66. The van der Waals surface area contributed by atoms with Gasteiger partial charge in [0.15, 0.2) is 0 Å². The molecule has 2 aromatic rings. The number of imidazole rings is 1. The number of anilines is 1. The summed E-state index contributed by atoms with van der Waals surface area (Å²) in [5.74, 6) is 0.844. The predicted molar refractivity (Wildman–Crippen MR) is 78.5 cm³/mol. The van der Waals surface area contributed by atoms with Gasteiger partial charge in [-0.2, -0.15) is 5.26 Å². The van der Waals surface area contributed by atoms with E-state index in [1.54, 1.807) is 12.5 Å². The van der Waals surface area contributed by atoms with Crippen LogP contribution >= 0.6 is 0 Å². The van der Waals surface area contributed by atoms with E-state index in [1.807, 2.05) is 29.1 Å². The highest BCUT2D eigenvalue weighted by Gasteiger charge is 2.16. The lowest BCUT2D eigenvalue weighted by molar-refractivity contribution is 0.364. The number of hydrogen-bond donors (Lipinski definition) is 1. The first-order valence-corrected chi connectivity index (χ1v) is 6.66. The molecule has 2 heterocycles. The fourth-order valence-electron chi connectivity index (χ4n) is 1.86. The summed E-state index contributed by atoms with van der Waals surface area (Å²) in [5.41, 5.74) is 1.08. The Labute approximate surface area is 119 Å². The van der Waals surface area contributed by atoms with Crippen molar-refractivity contribution in [2.75, 3.05) is 11.9 Å². The Hall–Kier alpha value is -2.35. The Morgan fingerprint density at radius 3 is 2.85 bits per heavy atom. The highest BCUT2D eigenvalue weighted by Crippen LogP contribution is 2.22. The summed E-state index contributed by atoms with van der Waals surface area (Å²) in [6.07, 6.45) is 8.60. The first-order chi connectivity index (χ1) is 9.61. The van der Waals surface area contributed by atoms with Crippen LogP contribution in [0.3, 0.4) is 0 Å². The molecule has 1 N–H and O–H groups in total. The second kappa shape index (κ2) is 6.20. The molecule has 0 saturated carbocycles. The molecule has 0 fully saturated rings. The van der Waals surface area contributed by atoms with Crippen LogP contribution in [0.2, 0.25) is 0 Å². The van der Waals surface area contributed by atoms with Crippen LogP contribution in [0.4, 0.5) is 5.69 Å². The molecule has 0 saturated heterocycles. The van der Waals surface area contributed by atoms with Crippen molar-refractivity contribution in [3.05, 3.63) is 37.1 Å². The van der Waals surface area contributed by atoms with Gasteiger partial charge in [-0.15, -0.1) is 0 Å². The first kappa shape index (κ1) is 14.1. The van der Waals surface area contributed by atoms with Gasteiger partial charge in [0.1, 0.15) is 12.1 Å². The SMILES string of the molecule is CC(C)(CCC#N)CNc1ccc(-n2ccnc2)nc1. The number of pyridine rings is 1. The van der Waals surface area contributed by atoms with Crippen molar-refractivity contribution >= 4 is 5.69 Å². The minimum absolute atomic E-state index is 0.0960. The Kier molecular flexibility index (Phi) is 4.36. The van der Waals surface area contributed by atoms with E-state index in [2.05, 4.69) is 35.2 Å². The van der Waals surface area contributed by atoms with Crippen molar-refractivity contribution in [3.8, 4) is 11.9 Å². The molecule has 0 aromatic carbocycles. The predicted octanol–water partition coefficient (Wildman–Crippen LogP) is 3.01. The van der Waals surface area contributed by atoms with Crippen LogP contribution in [0.15, 0.2) is 37.1 Å². The molecule has 0 aliphatic heterocycles. The van der Waals surface area contributed by atoms with Crippen LogP contribution in [0.5, 0.6) is 0 Å². The number of nitriles is 1. The molecule has 0 atom stereocenters. The van der Waals surface area contributed by atoms with Crippen molar-refractivity contribution in [1.82, 2.24) is 14.5 Å². The fraction of sp³-hybridized carbons (Fsp3) is 0.400. The van der Waals surface area contributed by atoms with Gasteiger partial charge in [0.05, 0.1) is 18.0 Å². The second-order valence-electron chi connectivity index (χ2n) is 5.55. The number of aromatic nitrogens is 3. The molecule has 104 valence electrons. The molecular weight excluding hydrogens is 250 g/mol. The lowest BCUT2D eigenvalue weighted by Gasteiger charge is -2.24. The monoisotopic (exact) mass is 269 g/mol. The molecule has 5 heteroatoms. The molecule has 0 radical (unpaired) electrons. The Balaban J connectivity index is 1.93. The van der Waals surface area contributed by atoms with Crippen molar-refractivity contribution in [3.63, 3.8) is 0 Å². The van der Waals surface area contributed by atoms with E-state index in [-0.39, 0.29) is 5.41 Å². The maximum atomic E-state index is 8.65. The van der Waals surface area contributed by atoms with Crippen LogP contribution in [-0.4, -0.2) is 21.1 Å². The zero-order valence-electron chi connectivity index (χ0n) is 11.9. The van der Waals surface area contributed by atoms with Crippen LogP contribution in [0, 0.1) is 16.7 Å². The summed E-state index contributed by atoms with van der Waals surface area (Å²) < 4.78 is 1.86. The normalized spacial score (nSPS) is 11.1. The van der Waals surface area contributed by atoms with Crippen LogP contribution < -0.4 is 5.32 Å². The van der Waals surface area contributed by atoms with Crippen molar-refractivity contribution in [1.29, 1.82) is 5.26 Å². The lowest BCUT2D eigenvalue weighted by Crippen LogP contribution is -2.23. The zero-order chi connectivity index (χ0) is 14.4. The molecule has 0 spiro atoms. The molecule has 2 aromatic heterocycles. The summed E-state index contributed by atoms with van der Waals surface area (Å²) in [5, 5.41) is 12.0. The zero-order valence-corrected chi connectivity index (χ0v) is 11.9. The summed E-state index contributed by atoms with van der Waals surface area (Å²) in [6, 6.07) is 6.15. The van der Waals surface area contributed by atoms with Crippen molar-refractivity contribution < 1.29 is 0 Å². The Bertz CT molecular complexity index is 563. The van der Waals surface area contributed by atoms with Crippen molar-refractivity contribution in [2.24, 2.45) is 5.41 Å². The van der Waals surface area contributed by atoms with E-state index in [4.69, 9.17) is 5.26 Å². The third-order valence-electron chi connectivity index (χ3n) is 3.20. The summed E-state index contributed by atoms with van der Waals surface area (Å²) >= 11 is 0. The van der Waals surface area contributed by atoms with Gasteiger partial charge in [-0.3, -0.25) is 4.57 Å². The lowest BCUT2D eigenvalue weighted by atomic mass is 9.88. The number of nitrogens with zero attached hydrogens (tertiary/aromatic N) is 4. The quantitative estimate of drug-likeness (QED) is 0.875. The van der Waals surface area contributed by atoms with Crippen LogP contribution in [0.25, 0.3) is 5.82 Å². The topological polar surface area (TPSA) is 66.5 Å². The van der Waals surface area contributed by atoms with Gasteiger partial charge in [0.25, 0.3) is 0 Å². The minimum atomic E-state index is 0.0960. The molecule has 2 rings (SSSR count). The number of nitrogens with one attached hydrogen (secondary N) is 1. The van der Waals surface area contributed by atoms with Gasteiger partial charge < -0.3 is 5.32 Å². The van der Waals surface area contributed by atoms with E-state index in [9.17, 15) is 0 Å². The van der Waals surface area contributed by atoms with Gasteiger partial charge in [-0.1, -0.05) is 13.8 Å². The molecule has 20 heavy (non-hydrogen) atoms. The van der Waals surface area contributed by atoms with E-state index in [0.29, 0.717) is 6.42 Å². The minimum Gasteiger partial charge on any atom is -0.383 e. The third kappa shape index (κ3) is 3.82. The smallest absolute Gasteiger partial charge is 0.137 e. The summed E-state index contributed by atoms with van der Waals surface area (Å²) in [7, 11) is 0. The van der Waals surface area contributed by atoms with Crippen LogP contribution in [0.1, 0.15) is 26.7 Å². The molecular formula is C15H19N5. The summed E-state index contributed by atoms with van der Waals surface area (Å²) in [4.78, 5) is 8.39. The van der Waals surface area contributed by atoms with E-state index in [1.165, 1.54) is 0 Å². The molecule has 0 aliphatic carbocycles.